The first kappa shape index (κ1) is 24.0. The third kappa shape index (κ3) is 5.17. The second-order valence-corrected chi connectivity index (χ2v) is 9.23. The van der Waals surface area contributed by atoms with Gasteiger partial charge in [-0.2, -0.15) is 5.09 Å². The van der Waals surface area contributed by atoms with Gasteiger partial charge in [0.15, 0.2) is 11.5 Å². The first-order valence-corrected chi connectivity index (χ1v) is 11.9. The number of carbonyl (C=O) groups excluding carboxylic acids is 1. The van der Waals surface area contributed by atoms with E-state index in [4.69, 9.17) is 19.5 Å². The van der Waals surface area contributed by atoms with Crippen LogP contribution in [0.4, 0.5) is 10.2 Å². The molecule has 14 heteroatoms. The number of anilines is 1. The van der Waals surface area contributed by atoms with E-state index in [1.807, 2.05) is 0 Å². The fourth-order valence-corrected chi connectivity index (χ4v) is 4.94. The SMILES string of the molecule is COC(=O)[C@H](C)NP(=O)(OC[C@@H]1O[C@H](n2cnc3c(N)ncnc32)C[C@H]1F)Oc1ccccc1. The molecule has 0 amide bonds. The van der Waals surface area contributed by atoms with Gasteiger partial charge in [-0.15, -0.1) is 0 Å². The number of hydrogen-bond acceptors (Lipinski definition) is 10. The van der Waals surface area contributed by atoms with Crippen LogP contribution in [-0.4, -0.2) is 57.5 Å². The summed E-state index contributed by atoms with van der Waals surface area (Å²) < 4.78 is 51.3. The van der Waals surface area contributed by atoms with Crippen LogP contribution in [0.5, 0.6) is 5.75 Å². The molecule has 1 aromatic carbocycles. The Bertz CT molecular complexity index is 1200. The second-order valence-electron chi connectivity index (χ2n) is 7.54. The van der Waals surface area contributed by atoms with Crippen molar-refractivity contribution in [3.8, 4) is 5.75 Å². The summed E-state index contributed by atoms with van der Waals surface area (Å²) in [5.74, 6) is -0.239. The van der Waals surface area contributed by atoms with Crippen molar-refractivity contribution in [3.05, 3.63) is 43.0 Å². The molecular formula is C20H24FN6O6P. The third-order valence-corrected chi connectivity index (χ3v) is 6.79. The number of rotatable bonds is 9. The standard InChI is InChI=1S/C20H24FN6O6P/c1-12(20(28)30-2)26-34(29,33-13-6-4-3-5-7-13)31-9-15-14(21)8-16(32-15)27-11-25-17-18(22)23-10-24-19(17)27/h3-7,10-12,14-16H,8-9H2,1-2H3,(H,26,29)(H2,22,23,24)/t12-,14+,15-,16-,34?/m0/s1. The summed E-state index contributed by atoms with van der Waals surface area (Å²) in [7, 11) is -2.93. The van der Waals surface area contributed by atoms with E-state index < -0.39 is 44.9 Å². The summed E-state index contributed by atoms with van der Waals surface area (Å²) in [6, 6.07) is 7.23. The highest BCUT2D eigenvalue weighted by atomic mass is 31.2. The number of nitrogens with two attached hydrogens (primary N) is 1. The summed E-state index contributed by atoms with van der Waals surface area (Å²) >= 11 is 0. The normalized spacial score (nSPS) is 22.9. The maximum atomic E-state index is 14.8. The van der Waals surface area contributed by atoms with Crippen molar-refractivity contribution in [2.24, 2.45) is 0 Å². The van der Waals surface area contributed by atoms with Crippen LogP contribution >= 0.6 is 7.75 Å². The van der Waals surface area contributed by atoms with Gasteiger partial charge in [0, 0.05) is 6.42 Å². The zero-order valence-corrected chi connectivity index (χ0v) is 19.3. The number of para-hydroxylation sites is 1. The minimum absolute atomic E-state index is 0.0147. The van der Waals surface area contributed by atoms with Crippen molar-refractivity contribution in [2.45, 2.75) is 37.9 Å². The second kappa shape index (κ2) is 10.0. The number of halogens is 1. The molecule has 0 radical (unpaired) electrons. The first-order valence-electron chi connectivity index (χ1n) is 10.4. The van der Waals surface area contributed by atoms with E-state index in [0.29, 0.717) is 11.2 Å². The first-order chi connectivity index (χ1) is 16.3. The summed E-state index contributed by atoms with van der Waals surface area (Å²) in [4.78, 5) is 24.0. The van der Waals surface area contributed by atoms with E-state index in [0.717, 1.165) is 0 Å². The number of methoxy groups -OCH3 is 1. The highest BCUT2D eigenvalue weighted by Gasteiger charge is 2.40. The predicted octanol–water partition coefficient (Wildman–Crippen LogP) is 2.39. The lowest BCUT2D eigenvalue weighted by atomic mass is 10.2. The Hall–Kier alpha value is -3.12. The molecule has 0 aliphatic carbocycles. The lowest BCUT2D eigenvalue weighted by molar-refractivity contribution is -0.142. The Morgan fingerprint density at radius 1 is 1.35 bits per heavy atom. The number of nitrogen functional groups attached to an aromatic ring is 1. The monoisotopic (exact) mass is 494 g/mol. The van der Waals surface area contributed by atoms with Gasteiger partial charge in [-0.1, -0.05) is 18.2 Å². The zero-order valence-electron chi connectivity index (χ0n) is 18.4. The molecule has 0 bridgehead atoms. The molecule has 34 heavy (non-hydrogen) atoms. The molecule has 0 spiro atoms. The number of aromatic nitrogens is 4. The van der Waals surface area contributed by atoms with Gasteiger partial charge in [-0.3, -0.25) is 13.9 Å². The van der Waals surface area contributed by atoms with E-state index in [9.17, 15) is 13.8 Å². The smallest absolute Gasteiger partial charge is 0.459 e. The van der Waals surface area contributed by atoms with Crippen molar-refractivity contribution >= 4 is 30.7 Å². The summed E-state index contributed by atoms with van der Waals surface area (Å²) in [5, 5.41) is 2.51. The molecular weight excluding hydrogens is 470 g/mol. The van der Waals surface area contributed by atoms with E-state index in [2.05, 4.69) is 24.8 Å². The van der Waals surface area contributed by atoms with Gasteiger partial charge < -0.3 is 19.7 Å². The topological polar surface area (TPSA) is 153 Å². The van der Waals surface area contributed by atoms with E-state index in [1.165, 1.54) is 26.7 Å². The van der Waals surface area contributed by atoms with Gasteiger partial charge in [-0.25, -0.2) is 23.9 Å². The zero-order chi connectivity index (χ0) is 24.3. The Morgan fingerprint density at radius 2 is 2.12 bits per heavy atom. The fourth-order valence-electron chi connectivity index (χ4n) is 3.44. The van der Waals surface area contributed by atoms with Crippen molar-refractivity contribution in [1.29, 1.82) is 0 Å². The minimum Gasteiger partial charge on any atom is -0.468 e. The van der Waals surface area contributed by atoms with E-state index in [1.54, 1.807) is 34.9 Å². The molecule has 3 aromatic rings. The van der Waals surface area contributed by atoms with Crippen LogP contribution in [0.1, 0.15) is 19.6 Å². The van der Waals surface area contributed by atoms with Crippen LogP contribution in [0.2, 0.25) is 0 Å². The van der Waals surface area contributed by atoms with Gasteiger partial charge in [0.2, 0.25) is 0 Å². The van der Waals surface area contributed by atoms with Gasteiger partial charge in [0.05, 0.1) is 20.0 Å². The quantitative estimate of drug-likeness (QED) is 0.333. The van der Waals surface area contributed by atoms with Crippen molar-refractivity contribution in [2.75, 3.05) is 19.5 Å². The van der Waals surface area contributed by atoms with Crippen LogP contribution in [0.25, 0.3) is 11.2 Å². The van der Waals surface area contributed by atoms with Gasteiger partial charge >= 0.3 is 13.7 Å². The fraction of sp³-hybridized carbons (Fsp3) is 0.400. The van der Waals surface area contributed by atoms with Crippen molar-refractivity contribution < 1.29 is 32.3 Å². The molecule has 1 unspecified atom stereocenters. The Morgan fingerprint density at radius 3 is 2.85 bits per heavy atom. The molecule has 1 aliphatic rings. The predicted molar refractivity (Wildman–Crippen MR) is 118 cm³/mol. The summed E-state index contributed by atoms with van der Waals surface area (Å²) in [5.41, 5.74) is 6.58. The third-order valence-electron chi connectivity index (χ3n) is 5.14. The molecule has 1 saturated heterocycles. The number of nitrogens with one attached hydrogen (secondary N) is 1. The number of fused-ring (bicyclic) bond motifs is 1. The number of nitrogens with zero attached hydrogens (tertiary/aromatic N) is 4. The Labute approximate surface area is 194 Å². The highest BCUT2D eigenvalue weighted by molar-refractivity contribution is 7.52. The number of imidazole rings is 1. The molecule has 0 saturated carbocycles. The number of hydrogen-bond donors (Lipinski definition) is 2. The lowest BCUT2D eigenvalue weighted by Gasteiger charge is -2.24. The number of esters is 1. The van der Waals surface area contributed by atoms with Gasteiger partial charge in [-0.05, 0) is 19.1 Å². The largest absolute Gasteiger partial charge is 0.468 e. The van der Waals surface area contributed by atoms with Crippen LogP contribution in [0, 0.1) is 0 Å². The van der Waals surface area contributed by atoms with Gasteiger partial charge in [0.25, 0.3) is 0 Å². The minimum atomic E-state index is -4.12. The average molecular weight is 494 g/mol. The molecule has 3 heterocycles. The van der Waals surface area contributed by atoms with Crippen LogP contribution < -0.4 is 15.3 Å². The van der Waals surface area contributed by atoms with Crippen LogP contribution in [-0.2, 0) is 23.4 Å². The maximum absolute atomic E-state index is 14.8. The highest BCUT2D eigenvalue weighted by Crippen LogP contribution is 2.46. The molecule has 5 atom stereocenters. The molecule has 182 valence electrons. The summed E-state index contributed by atoms with van der Waals surface area (Å²) in [6.45, 7) is 1.03. The van der Waals surface area contributed by atoms with E-state index >= 15 is 0 Å². The average Bonchev–Trinajstić information content (AvgIpc) is 3.42. The number of carbonyl (C=O) groups is 1. The lowest BCUT2D eigenvalue weighted by Crippen LogP contribution is -2.35. The molecule has 3 N–H and O–H groups in total. The van der Waals surface area contributed by atoms with Gasteiger partial charge in [0.1, 0.15) is 42.1 Å². The molecule has 4 rings (SSSR count). The molecule has 1 aliphatic heterocycles. The van der Waals surface area contributed by atoms with Crippen molar-refractivity contribution in [1.82, 2.24) is 24.6 Å². The Kier molecular flexibility index (Phi) is 7.08. The molecule has 1 fully saturated rings. The number of alkyl halides is 1. The maximum Gasteiger partial charge on any atom is 0.459 e. The summed E-state index contributed by atoms with van der Waals surface area (Å²) in [6.07, 6.45) is -0.531. The number of benzene rings is 1. The van der Waals surface area contributed by atoms with Crippen LogP contribution in [0.15, 0.2) is 43.0 Å². The molecule has 2 aromatic heterocycles. The van der Waals surface area contributed by atoms with E-state index in [-0.39, 0.29) is 18.0 Å². The van der Waals surface area contributed by atoms with Crippen molar-refractivity contribution in [3.63, 3.8) is 0 Å². The van der Waals surface area contributed by atoms with Crippen LogP contribution in [0.3, 0.4) is 0 Å². The Balaban J connectivity index is 1.47. The molecule has 12 nitrogen and oxygen atoms in total. The number of ether oxygens (including phenoxy) is 2.